The van der Waals surface area contributed by atoms with Crippen LogP contribution in [0.25, 0.3) is 0 Å². The number of hydrogen-bond donors (Lipinski definition) is 0. The Kier molecular flexibility index (Phi) is 14.1. The molecule has 0 bridgehead atoms. The first-order chi connectivity index (χ1) is 13.0. The van der Waals surface area contributed by atoms with Gasteiger partial charge < -0.3 is 0 Å². The smallest absolute Gasteiger partial charge is 0.200 e. The fourth-order valence-corrected chi connectivity index (χ4v) is 3.51. The van der Waals surface area contributed by atoms with Crippen molar-refractivity contribution < 1.29 is 13.2 Å². The maximum atomic E-state index is 11.6. The Morgan fingerprint density at radius 2 is 1.72 bits per heavy atom. The Labute approximate surface area is 183 Å². The van der Waals surface area contributed by atoms with Crippen LogP contribution in [0.15, 0.2) is 53.6 Å². The van der Waals surface area contributed by atoms with E-state index in [1.165, 1.54) is 11.8 Å². The summed E-state index contributed by atoms with van der Waals surface area (Å²) in [6.45, 7) is 21.3. The van der Waals surface area contributed by atoms with Gasteiger partial charge in [0.05, 0.1) is 5.75 Å². The van der Waals surface area contributed by atoms with Crippen LogP contribution in [0.2, 0.25) is 0 Å². The molecule has 0 saturated carbocycles. The van der Waals surface area contributed by atoms with Gasteiger partial charge in [-0.25, -0.2) is 13.4 Å². The van der Waals surface area contributed by atoms with Gasteiger partial charge in [-0.15, -0.1) is 0 Å². The van der Waals surface area contributed by atoms with E-state index >= 15 is 0 Å². The normalized spacial score (nSPS) is 11.9. The van der Waals surface area contributed by atoms with Gasteiger partial charge in [0.1, 0.15) is 5.03 Å². The molecular weight excluding hydrogens is 402 g/mol. The van der Waals surface area contributed by atoms with E-state index in [1.54, 1.807) is 6.20 Å². The summed E-state index contributed by atoms with van der Waals surface area (Å²) in [6, 6.07) is 5.56. The lowest BCUT2D eigenvalue weighted by Gasteiger charge is -2.14. The summed E-state index contributed by atoms with van der Waals surface area (Å²) in [4.78, 5) is 15.6. The molecule has 29 heavy (non-hydrogen) atoms. The lowest BCUT2D eigenvalue weighted by Crippen LogP contribution is -2.16. The minimum Gasteiger partial charge on any atom is -0.286 e. The molecule has 0 aliphatic heterocycles. The number of nitrogens with zero attached hydrogens (tertiary/aromatic N) is 1. The molecule has 166 valence electrons. The molecule has 0 N–H and O–H groups in total. The fourth-order valence-electron chi connectivity index (χ4n) is 1.69. The molecule has 0 aromatic carbocycles. The summed E-state index contributed by atoms with van der Waals surface area (Å²) >= 11 is 1.20. The number of thioether (sulfide) groups is 1. The maximum absolute atomic E-state index is 11.6. The number of carbonyl (C=O) groups excluding carboxylic acids is 1. The van der Waals surface area contributed by atoms with Gasteiger partial charge in [0.25, 0.3) is 0 Å². The molecule has 0 fully saturated rings. The maximum Gasteiger partial charge on any atom is 0.200 e. The third-order valence-corrected chi connectivity index (χ3v) is 5.82. The predicted octanol–water partition coefficient (Wildman–Crippen LogP) is 6.56. The van der Waals surface area contributed by atoms with Gasteiger partial charge in [-0.3, -0.25) is 4.79 Å². The summed E-state index contributed by atoms with van der Waals surface area (Å²) in [5, 5.41) is 1.92. The van der Waals surface area contributed by atoms with E-state index in [9.17, 15) is 13.2 Å². The van der Waals surface area contributed by atoms with Gasteiger partial charge in [0.15, 0.2) is 15.0 Å². The Hall–Kier alpha value is -1.40. The van der Waals surface area contributed by atoms with Gasteiger partial charge in [-0.1, -0.05) is 80.2 Å². The molecule has 0 spiro atoms. The van der Waals surface area contributed by atoms with E-state index < -0.39 is 9.84 Å². The summed E-state index contributed by atoms with van der Waals surface area (Å²) in [6.07, 6.45) is 5.96. The molecule has 1 heterocycles. The van der Waals surface area contributed by atoms with Crippen LogP contribution < -0.4 is 0 Å². The van der Waals surface area contributed by atoms with Gasteiger partial charge in [-0.05, 0) is 42.2 Å². The summed E-state index contributed by atoms with van der Waals surface area (Å²) in [5.41, 5.74) is 0.0664. The summed E-state index contributed by atoms with van der Waals surface area (Å²) in [5.74, 6) is 0.393. The van der Waals surface area contributed by atoms with Crippen LogP contribution in [0.3, 0.4) is 0 Å². The molecule has 1 rings (SSSR count). The van der Waals surface area contributed by atoms with E-state index in [0.29, 0.717) is 5.41 Å². The Morgan fingerprint density at radius 1 is 1.17 bits per heavy atom. The van der Waals surface area contributed by atoms with Crippen molar-refractivity contribution in [2.45, 2.75) is 67.3 Å². The first kappa shape index (κ1) is 29.8. The summed E-state index contributed by atoms with van der Waals surface area (Å²) in [7, 11) is -2.95. The Bertz CT molecular complexity index is 724. The molecule has 0 radical (unpaired) electrons. The highest BCUT2D eigenvalue weighted by atomic mass is 32.2. The summed E-state index contributed by atoms with van der Waals surface area (Å²) < 4.78 is 21.4. The predicted molar refractivity (Wildman–Crippen MR) is 128 cm³/mol. The highest BCUT2D eigenvalue weighted by Gasteiger charge is 2.22. The van der Waals surface area contributed by atoms with Gasteiger partial charge in [0, 0.05) is 17.0 Å². The quantitative estimate of drug-likeness (QED) is 0.391. The zero-order chi connectivity index (χ0) is 23.3. The van der Waals surface area contributed by atoms with E-state index in [4.69, 9.17) is 0 Å². The molecule has 0 aliphatic carbocycles. The number of hydrogen-bond acceptors (Lipinski definition) is 5. The second-order valence-electron chi connectivity index (χ2n) is 9.06. The average Bonchev–Trinajstić information content (AvgIpc) is 2.54. The average molecular weight is 442 g/mol. The third kappa shape index (κ3) is 19.7. The lowest BCUT2D eigenvalue weighted by atomic mass is 9.97. The van der Waals surface area contributed by atoms with Gasteiger partial charge in [-0.2, -0.15) is 0 Å². The Balaban J connectivity index is 0. The number of aromatic nitrogens is 1. The van der Waals surface area contributed by atoms with E-state index in [-0.39, 0.29) is 22.2 Å². The molecule has 0 amide bonds. The number of rotatable bonds is 4. The van der Waals surface area contributed by atoms with Crippen LogP contribution in [0, 0.1) is 16.7 Å². The topological polar surface area (TPSA) is 64.1 Å². The number of pyridine rings is 1. The molecule has 0 unspecified atom stereocenters. The van der Waals surface area contributed by atoms with Crippen LogP contribution in [-0.2, 0) is 14.6 Å². The fraction of sp³-hybridized carbons (Fsp3) is 0.565. The minimum absolute atomic E-state index is 0.145. The largest absolute Gasteiger partial charge is 0.286 e. The van der Waals surface area contributed by atoms with Crippen LogP contribution in [0.5, 0.6) is 0 Å². The van der Waals surface area contributed by atoms with Crippen molar-refractivity contribution in [3.05, 3.63) is 48.5 Å². The van der Waals surface area contributed by atoms with Crippen LogP contribution in [0.4, 0.5) is 0 Å². The van der Waals surface area contributed by atoms with Crippen molar-refractivity contribution in [1.82, 2.24) is 4.98 Å². The second kappa shape index (κ2) is 13.8. The SMILES string of the molecule is C/C=C/C(C)(C)C.C=CS(=O)(=O)CC(C)C.CC(C)(C)C(=O)Sc1ccccn1. The number of sulfone groups is 1. The van der Waals surface area contributed by atoms with E-state index in [1.807, 2.05) is 59.7 Å². The van der Waals surface area contributed by atoms with Crippen molar-refractivity contribution in [2.75, 3.05) is 5.75 Å². The van der Waals surface area contributed by atoms with Gasteiger partial charge >= 0.3 is 0 Å². The molecule has 1 aromatic rings. The highest BCUT2D eigenvalue weighted by Crippen LogP contribution is 2.27. The highest BCUT2D eigenvalue weighted by molar-refractivity contribution is 8.13. The zero-order valence-corrected chi connectivity index (χ0v) is 21.2. The lowest BCUT2D eigenvalue weighted by molar-refractivity contribution is -0.117. The molecule has 0 aliphatic rings. The number of allylic oxidation sites excluding steroid dienone is 2. The van der Waals surface area contributed by atoms with Crippen molar-refractivity contribution in [3.8, 4) is 0 Å². The monoisotopic (exact) mass is 441 g/mol. The molecule has 4 nitrogen and oxygen atoms in total. The minimum atomic E-state index is -2.95. The van der Waals surface area contributed by atoms with Crippen LogP contribution in [0.1, 0.15) is 62.3 Å². The standard InChI is InChI=1S/C10H13NOS.C7H14.C6H12O2S/c1-10(2,3)9(12)13-8-6-4-5-7-11-8;1-5-6-7(2,3)4;1-4-9(7,8)5-6(2)3/h4-7H,1-3H3;5-6H,1-4H3;4,6H,1,5H2,2-3H3/b;6-5+;. The first-order valence-electron chi connectivity index (χ1n) is 9.66. The van der Waals surface area contributed by atoms with E-state index in [0.717, 1.165) is 10.4 Å². The van der Waals surface area contributed by atoms with Crippen LogP contribution >= 0.6 is 11.8 Å². The molecule has 0 atom stereocenters. The molecule has 1 aromatic heterocycles. The molecular formula is C23H39NO3S2. The van der Waals surface area contributed by atoms with Crippen molar-refractivity contribution >= 4 is 26.7 Å². The Morgan fingerprint density at radius 3 is 1.97 bits per heavy atom. The van der Waals surface area contributed by atoms with E-state index in [2.05, 4.69) is 44.5 Å². The van der Waals surface area contributed by atoms with Gasteiger partial charge in [0.2, 0.25) is 0 Å². The molecule has 6 heteroatoms. The van der Waals surface area contributed by atoms with Crippen molar-refractivity contribution in [2.24, 2.45) is 16.7 Å². The first-order valence-corrected chi connectivity index (χ1v) is 12.2. The molecule has 0 saturated heterocycles. The third-order valence-electron chi connectivity index (χ3n) is 2.93. The zero-order valence-electron chi connectivity index (χ0n) is 19.5. The van der Waals surface area contributed by atoms with Crippen molar-refractivity contribution in [1.29, 1.82) is 0 Å². The van der Waals surface area contributed by atoms with Crippen molar-refractivity contribution in [3.63, 3.8) is 0 Å². The number of carbonyl (C=O) groups is 1. The van der Waals surface area contributed by atoms with Crippen LogP contribution in [-0.4, -0.2) is 24.3 Å². The second-order valence-corrected chi connectivity index (χ2v) is 12.0.